The van der Waals surface area contributed by atoms with Gasteiger partial charge in [0.05, 0.1) is 26.9 Å². The maximum atomic E-state index is 9.39. The molecule has 2 aromatic carbocycles. The molecule has 0 saturated carbocycles. The second-order valence-electron chi connectivity index (χ2n) is 4.79. The van der Waals surface area contributed by atoms with Crippen LogP contribution in [0.15, 0.2) is 42.5 Å². The van der Waals surface area contributed by atoms with Crippen LogP contribution in [0, 0.1) is 0 Å². The molecule has 0 bridgehead atoms. The van der Waals surface area contributed by atoms with Gasteiger partial charge in [-0.3, -0.25) is 0 Å². The third-order valence-electron chi connectivity index (χ3n) is 3.47. The molecular formula is C17H21NO3. The smallest absolute Gasteiger partial charge is 0.127 e. The fourth-order valence-corrected chi connectivity index (χ4v) is 2.29. The lowest BCUT2D eigenvalue weighted by molar-refractivity contribution is 0.282. The monoisotopic (exact) mass is 287 g/mol. The molecule has 21 heavy (non-hydrogen) atoms. The van der Waals surface area contributed by atoms with E-state index in [0.29, 0.717) is 0 Å². The summed E-state index contributed by atoms with van der Waals surface area (Å²) in [4.78, 5) is 0. The molecule has 0 heterocycles. The van der Waals surface area contributed by atoms with Crippen LogP contribution >= 0.6 is 0 Å². The van der Waals surface area contributed by atoms with Crippen molar-refractivity contribution in [2.24, 2.45) is 0 Å². The fraction of sp³-hybridized carbons (Fsp3) is 0.294. The van der Waals surface area contributed by atoms with Gasteiger partial charge in [-0.25, -0.2) is 0 Å². The van der Waals surface area contributed by atoms with E-state index in [1.54, 1.807) is 14.2 Å². The highest BCUT2D eigenvalue weighted by atomic mass is 16.5. The molecule has 0 aromatic heterocycles. The highest BCUT2D eigenvalue weighted by Gasteiger charge is 2.13. The minimum Gasteiger partial charge on any atom is -0.497 e. The Morgan fingerprint density at radius 1 is 1.10 bits per heavy atom. The zero-order valence-corrected chi connectivity index (χ0v) is 12.6. The van der Waals surface area contributed by atoms with Crippen molar-refractivity contribution in [2.75, 3.05) is 19.5 Å². The summed E-state index contributed by atoms with van der Waals surface area (Å²) in [6.45, 7) is 2.06. The molecule has 4 heteroatoms. The first kappa shape index (κ1) is 15.2. The number of hydrogen-bond acceptors (Lipinski definition) is 4. The quantitative estimate of drug-likeness (QED) is 0.855. The number of hydrogen-bond donors (Lipinski definition) is 2. The summed E-state index contributed by atoms with van der Waals surface area (Å²) < 4.78 is 10.6. The molecule has 112 valence electrons. The van der Waals surface area contributed by atoms with Crippen molar-refractivity contribution in [3.05, 3.63) is 53.6 Å². The minimum atomic E-state index is 0.00956. The maximum absolute atomic E-state index is 9.39. The van der Waals surface area contributed by atoms with Crippen LogP contribution in [0.25, 0.3) is 0 Å². The van der Waals surface area contributed by atoms with Crippen molar-refractivity contribution in [3.8, 4) is 11.5 Å². The number of rotatable bonds is 6. The van der Waals surface area contributed by atoms with Crippen molar-refractivity contribution in [1.82, 2.24) is 0 Å². The van der Waals surface area contributed by atoms with Gasteiger partial charge in [0.2, 0.25) is 0 Å². The SMILES string of the molecule is COc1ccc(C(C)Nc2ccccc2CO)c(OC)c1. The number of aliphatic hydroxyl groups excluding tert-OH is 1. The van der Waals surface area contributed by atoms with Gasteiger partial charge in [-0.2, -0.15) is 0 Å². The first-order chi connectivity index (χ1) is 10.2. The van der Waals surface area contributed by atoms with E-state index in [0.717, 1.165) is 28.3 Å². The third kappa shape index (κ3) is 3.47. The first-order valence-electron chi connectivity index (χ1n) is 6.86. The molecule has 1 unspecified atom stereocenters. The summed E-state index contributed by atoms with van der Waals surface area (Å²) in [6.07, 6.45) is 0. The van der Waals surface area contributed by atoms with Crippen LogP contribution in [0.4, 0.5) is 5.69 Å². The Morgan fingerprint density at radius 3 is 2.52 bits per heavy atom. The number of benzene rings is 2. The normalized spacial score (nSPS) is 11.8. The van der Waals surface area contributed by atoms with Gasteiger partial charge in [-0.05, 0) is 25.1 Å². The van der Waals surface area contributed by atoms with E-state index in [4.69, 9.17) is 9.47 Å². The van der Waals surface area contributed by atoms with Crippen molar-refractivity contribution in [1.29, 1.82) is 0 Å². The first-order valence-corrected chi connectivity index (χ1v) is 6.86. The van der Waals surface area contributed by atoms with Crippen LogP contribution in [0.1, 0.15) is 24.1 Å². The number of ether oxygens (including phenoxy) is 2. The molecule has 0 aliphatic carbocycles. The van der Waals surface area contributed by atoms with E-state index in [-0.39, 0.29) is 12.6 Å². The molecule has 0 saturated heterocycles. The highest BCUT2D eigenvalue weighted by Crippen LogP contribution is 2.31. The van der Waals surface area contributed by atoms with Crippen LogP contribution < -0.4 is 14.8 Å². The van der Waals surface area contributed by atoms with Gasteiger partial charge in [0.1, 0.15) is 11.5 Å². The summed E-state index contributed by atoms with van der Waals surface area (Å²) in [5.41, 5.74) is 2.83. The van der Waals surface area contributed by atoms with E-state index in [9.17, 15) is 5.11 Å². The molecule has 0 fully saturated rings. The fourth-order valence-electron chi connectivity index (χ4n) is 2.29. The van der Waals surface area contributed by atoms with Crippen LogP contribution in [-0.4, -0.2) is 19.3 Å². The van der Waals surface area contributed by atoms with Gasteiger partial charge in [-0.1, -0.05) is 18.2 Å². The Kier molecular flexibility index (Phi) is 5.06. The Balaban J connectivity index is 2.25. The average Bonchev–Trinajstić information content (AvgIpc) is 2.54. The third-order valence-corrected chi connectivity index (χ3v) is 3.47. The van der Waals surface area contributed by atoms with Crippen LogP contribution in [0.3, 0.4) is 0 Å². The molecule has 4 nitrogen and oxygen atoms in total. The lowest BCUT2D eigenvalue weighted by Crippen LogP contribution is -2.10. The summed E-state index contributed by atoms with van der Waals surface area (Å²) >= 11 is 0. The standard InChI is InChI=1S/C17H21NO3/c1-12(18-16-7-5-4-6-13(16)11-19)15-9-8-14(20-2)10-17(15)21-3/h4-10,12,18-19H,11H2,1-3H3. The van der Waals surface area contributed by atoms with Crippen LogP contribution in [0.5, 0.6) is 11.5 Å². The molecule has 2 rings (SSSR count). The molecule has 0 spiro atoms. The van der Waals surface area contributed by atoms with Crippen LogP contribution in [-0.2, 0) is 6.61 Å². The van der Waals surface area contributed by atoms with Crippen molar-refractivity contribution >= 4 is 5.69 Å². The number of para-hydroxylation sites is 1. The largest absolute Gasteiger partial charge is 0.497 e. The second kappa shape index (κ2) is 6.99. The van der Waals surface area contributed by atoms with E-state index in [1.807, 2.05) is 42.5 Å². The highest BCUT2D eigenvalue weighted by molar-refractivity contribution is 5.54. The summed E-state index contributed by atoms with van der Waals surface area (Å²) in [5, 5.41) is 12.8. The number of anilines is 1. The second-order valence-corrected chi connectivity index (χ2v) is 4.79. The summed E-state index contributed by atoms with van der Waals surface area (Å²) in [6, 6.07) is 13.5. The molecular weight excluding hydrogens is 266 g/mol. The molecule has 0 radical (unpaired) electrons. The molecule has 2 N–H and O–H groups in total. The summed E-state index contributed by atoms with van der Waals surface area (Å²) in [7, 11) is 3.28. The lowest BCUT2D eigenvalue weighted by atomic mass is 10.1. The van der Waals surface area contributed by atoms with E-state index in [2.05, 4.69) is 12.2 Å². The van der Waals surface area contributed by atoms with Gasteiger partial charge in [0, 0.05) is 22.9 Å². The van der Waals surface area contributed by atoms with Gasteiger partial charge < -0.3 is 19.9 Å². The minimum absolute atomic E-state index is 0.00956. The van der Waals surface area contributed by atoms with Crippen molar-refractivity contribution in [3.63, 3.8) is 0 Å². The van der Waals surface area contributed by atoms with Gasteiger partial charge in [0.15, 0.2) is 0 Å². The van der Waals surface area contributed by atoms with Gasteiger partial charge in [0.25, 0.3) is 0 Å². The van der Waals surface area contributed by atoms with Crippen LogP contribution in [0.2, 0.25) is 0 Å². The molecule has 1 atom stereocenters. The van der Waals surface area contributed by atoms with E-state index >= 15 is 0 Å². The molecule has 0 aliphatic heterocycles. The topological polar surface area (TPSA) is 50.7 Å². The molecule has 0 amide bonds. The van der Waals surface area contributed by atoms with Gasteiger partial charge in [-0.15, -0.1) is 0 Å². The van der Waals surface area contributed by atoms with Crippen molar-refractivity contribution in [2.45, 2.75) is 19.6 Å². The zero-order valence-electron chi connectivity index (χ0n) is 12.6. The van der Waals surface area contributed by atoms with Gasteiger partial charge >= 0.3 is 0 Å². The van der Waals surface area contributed by atoms with E-state index < -0.39 is 0 Å². The Morgan fingerprint density at radius 2 is 1.86 bits per heavy atom. The Bertz CT molecular complexity index is 598. The zero-order chi connectivity index (χ0) is 15.2. The molecule has 2 aromatic rings. The number of methoxy groups -OCH3 is 2. The maximum Gasteiger partial charge on any atom is 0.127 e. The lowest BCUT2D eigenvalue weighted by Gasteiger charge is -2.20. The summed E-state index contributed by atoms with van der Waals surface area (Å²) in [5.74, 6) is 1.54. The molecule has 0 aliphatic rings. The average molecular weight is 287 g/mol. The Hall–Kier alpha value is -2.20. The predicted octanol–water partition coefficient (Wildman–Crippen LogP) is 3.37. The number of aliphatic hydroxyl groups is 1. The van der Waals surface area contributed by atoms with Crippen molar-refractivity contribution < 1.29 is 14.6 Å². The number of nitrogens with one attached hydrogen (secondary N) is 1. The van der Waals surface area contributed by atoms with E-state index in [1.165, 1.54) is 0 Å². The Labute approximate surface area is 125 Å². The predicted molar refractivity (Wildman–Crippen MR) is 83.9 cm³/mol.